The van der Waals surface area contributed by atoms with Crippen molar-refractivity contribution >= 4 is 16.9 Å². The second kappa shape index (κ2) is 6.87. The fourth-order valence-electron chi connectivity index (χ4n) is 4.16. The van der Waals surface area contributed by atoms with Gasteiger partial charge in [-0.2, -0.15) is 4.98 Å². The van der Waals surface area contributed by atoms with Gasteiger partial charge in [-0.1, -0.05) is 24.3 Å². The molecule has 0 radical (unpaired) electrons. The maximum atomic E-state index is 13.5. The number of aryl methyl sites for hydroxylation is 3. The molecule has 5 rings (SSSR count). The van der Waals surface area contributed by atoms with Crippen LogP contribution in [0, 0.1) is 20.8 Å². The zero-order chi connectivity index (χ0) is 21.9. The van der Waals surface area contributed by atoms with Crippen LogP contribution in [0.1, 0.15) is 28.3 Å². The summed E-state index contributed by atoms with van der Waals surface area (Å²) in [7, 11) is 1.66. The second-order valence-electron chi connectivity index (χ2n) is 7.92. The molecule has 0 fully saturated rings. The van der Waals surface area contributed by atoms with Crippen molar-refractivity contribution in [3.8, 4) is 0 Å². The molecule has 1 aromatic carbocycles. The average molecular weight is 417 g/mol. The summed E-state index contributed by atoms with van der Waals surface area (Å²) in [5.41, 5.74) is 3.92. The number of hydrogen-bond acceptors (Lipinski definition) is 4. The number of imidazole rings is 2. The first-order valence-electron chi connectivity index (χ1n) is 10.1. The van der Waals surface area contributed by atoms with E-state index < -0.39 is 0 Å². The molecule has 5 aromatic rings. The molecule has 0 atom stereocenters. The lowest BCUT2D eigenvalue weighted by molar-refractivity contribution is 0.494. The third kappa shape index (κ3) is 2.78. The average Bonchev–Trinajstić information content (AvgIpc) is 3.46. The molecule has 0 amide bonds. The van der Waals surface area contributed by atoms with Gasteiger partial charge in [-0.05, 0) is 44.0 Å². The number of fused-ring (bicyclic) bond motifs is 3. The zero-order valence-electron chi connectivity index (χ0n) is 17.9. The first-order valence-corrected chi connectivity index (χ1v) is 10.1. The standard InChI is InChI=1S/C23H23N5O3/c1-14-8-5-6-9-17(14)12-27-21(29)19-20(25(4)23(27)30)24-22-26(13-18-10-7-11-31-18)15(2)16(3)28(19)22/h5-11H,12-13H2,1-4H3. The predicted molar refractivity (Wildman–Crippen MR) is 118 cm³/mol. The highest BCUT2D eigenvalue weighted by molar-refractivity contribution is 5.76. The summed E-state index contributed by atoms with van der Waals surface area (Å²) in [5, 5.41) is 0. The minimum Gasteiger partial charge on any atom is -0.467 e. The first-order chi connectivity index (χ1) is 14.9. The third-order valence-electron chi connectivity index (χ3n) is 6.11. The highest BCUT2D eigenvalue weighted by Gasteiger charge is 2.23. The second-order valence-corrected chi connectivity index (χ2v) is 7.92. The molecular formula is C23H23N5O3. The molecule has 0 aliphatic rings. The van der Waals surface area contributed by atoms with Crippen LogP contribution in [0.3, 0.4) is 0 Å². The van der Waals surface area contributed by atoms with Crippen LogP contribution < -0.4 is 11.2 Å². The van der Waals surface area contributed by atoms with E-state index in [9.17, 15) is 9.59 Å². The number of nitrogens with zero attached hydrogens (tertiary/aromatic N) is 5. The summed E-state index contributed by atoms with van der Waals surface area (Å²) < 4.78 is 12.1. The minimum absolute atomic E-state index is 0.215. The highest BCUT2D eigenvalue weighted by Crippen LogP contribution is 2.22. The van der Waals surface area contributed by atoms with E-state index in [2.05, 4.69) is 0 Å². The van der Waals surface area contributed by atoms with Crippen LogP contribution in [0.25, 0.3) is 16.9 Å². The summed E-state index contributed by atoms with van der Waals surface area (Å²) in [6, 6.07) is 11.5. The van der Waals surface area contributed by atoms with E-state index in [1.807, 2.05) is 66.1 Å². The molecule has 8 heteroatoms. The molecule has 31 heavy (non-hydrogen) atoms. The SMILES string of the molecule is Cc1ccccc1Cn1c(=O)c2c(nc3n(Cc4ccco4)c(C)c(C)n23)n(C)c1=O. The van der Waals surface area contributed by atoms with E-state index in [-0.39, 0.29) is 17.8 Å². The molecule has 0 bridgehead atoms. The van der Waals surface area contributed by atoms with Crippen molar-refractivity contribution in [2.24, 2.45) is 7.05 Å². The lowest BCUT2D eigenvalue weighted by Gasteiger charge is -2.10. The van der Waals surface area contributed by atoms with Crippen LogP contribution in [-0.4, -0.2) is 23.1 Å². The Morgan fingerprint density at radius 1 is 0.935 bits per heavy atom. The maximum absolute atomic E-state index is 13.5. The van der Waals surface area contributed by atoms with Crippen LogP contribution in [0.2, 0.25) is 0 Å². The van der Waals surface area contributed by atoms with Gasteiger partial charge in [-0.15, -0.1) is 0 Å². The van der Waals surface area contributed by atoms with Crippen molar-refractivity contribution in [2.75, 3.05) is 0 Å². The number of furan rings is 1. The first kappa shape index (κ1) is 19.2. The van der Waals surface area contributed by atoms with E-state index in [1.54, 1.807) is 13.3 Å². The Bertz CT molecular complexity index is 1560. The Morgan fingerprint density at radius 3 is 2.42 bits per heavy atom. The fourth-order valence-corrected chi connectivity index (χ4v) is 4.16. The molecule has 4 heterocycles. The van der Waals surface area contributed by atoms with Gasteiger partial charge in [0.1, 0.15) is 5.76 Å². The molecule has 158 valence electrons. The molecule has 0 aliphatic heterocycles. The van der Waals surface area contributed by atoms with Gasteiger partial charge >= 0.3 is 5.69 Å². The molecule has 0 unspecified atom stereocenters. The van der Waals surface area contributed by atoms with Crippen molar-refractivity contribution in [3.63, 3.8) is 0 Å². The topological polar surface area (TPSA) is 79.4 Å². The van der Waals surface area contributed by atoms with Gasteiger partial charge in [0, 0.05) is 18.4 Å². The summed E-state index contributed by atoms with van der Waals surface area (Å²) in [6.07, 6.45) is 1.63. The van der Waals surface area contributed by atoms with Crippen LogP contribution in [-0.2, 0) is 20.1 Å². The molecule has 0 N–H and O–H groups in total. The molecule has 0 spiro atoms. The normalized spacial score (nSPS) is 11.7. The Labute approximate surface area is 177 Å². The smallest absolute Gasteiger partial charge is 0.332 e. The lowest BCUT2D eigenvalue weighted by Crippen LogP contribution is -2.39. The Hall–Kier alpha value is -3.81. The van der Waals surface area contributed by atoms with Crippen LogP contribution in [0.15, 0.2) is 56.7 Å². The summed E-state index contributed by atoms with van der Waals surface area (Å²) in [5.74, 6) is 1.40. The van der Waals surface area contributed by atoms with Gasteiger partial charge in [0.25, 0.3) is 5.56 Å². The van der Waals surface area contributed by atoms with Crippen molar-refractivity contribution < 1.29 is 4.42 Å². The van der Waals surface area contributed by atoms with E-state index in [0.717, 1.165) is 28.3 Å². The number of hydrogen-bond donors (Lipinski definition) is 0. The Morgan fingerprint density at radius 2 is 1.71 bits per heavy atom. The van der Waals surface area contributed by atoms with Crippen molar-refractivity contribution in [3.05, 3.63) is 91.8 Å². The minimum atomic E-state index is -0.381. The predicted octanol–water partition coefficient (Wildman–Crippen LogP) is 2.76. The molecule has 4 aromatic heterocycles. The van der Waals surface area contributed by atoms with E-state index >= 15 is 0 Å². The monoisotopic (exact) mass is 417 g/mol. The van der Waals surface area contributed by atoms with Gasteiger partial charge < -0.3 is 8.98 Å². The van der Waals surface area contributed by atoms with Crippen LogP contribution >= 0.6 is 0 Å². The Balaban J connectivity index is 1.79. The molecule has 0 aliphatic carbocycles. The summed E-state index contributed by atoms with van der Waals surface area (Å²) >= 11 is 0. The lowest BCUT2D eigenvalue weighted by atomic mass is 10.1. The number of aromatic nitrogens is 5. The molecule has 0 saturated heterocycles. The van der Waals surface area contributed by atoms with E-state index in [0.29, 0.717) is 23.5 Å². The van der Waals surface area contributed by atoms with Crippen molar-refractivity contribution in [2.45, 2.75) is 33.9 Å². The fraction of sp³-hybridized carbons (Fsp3) is 0.261. The van der Waals surface area contributed by atoms with Gasteiger partial charge in [0.15, 0.2) is 11.2 Å². The summed E-state index contributed by atoms with van der Waals surface area (Å²) in [4.78, 5) is 31.3. The number of benzene rings is 1. The van der Waals surface area contributed by atoms with Crippen molar-refractivity contribution in [1.82, 2.24) is 23.1 Å². The van der Waals surface area contributed by atoms with Crippen LogP contribution in [0.4, 0.5) is 0 Å². The third-order valence-corrected chi connectivity index (χ3v) is 6.11. The highest BCUT2D eigenvalue weighted by atomic mass is 16.3. The molecule has 0 saturated carbocycles. The van der Waals surface area contributed by atoms with E-state index in [4.69, 9.17) is 9.40 Å². The van der Waals surface area contributed by atoms with Crippen molar-refractivity contribution in [1.29, 1.82) is 0 Å². The Kier molecular flexibility index (Phi) is 4.25. The van der Waals surface area contributed by atoms with Gasteiger partial charge in [0.05, 0.1) is 19.4 Å². The van der Waals surface area contributed by atoms with Gasteiger partial charge in [-0.3, -0.25) is 18.3 Å². The van der Waals surface area contributed by atoms with Gasteiger partial charge in [0.2, 0.25) is 5.78 Å². The summed E-state index contributed by atoms with van der Waals surface area (Å²) in [6.45, 7) is 6.63. The molecule has 8 nitrogen and oxygen atoms in total. The van der Waals surface area contributed by atoms with E-state index in [1.165, 1.54) is 9.13 Å². The molecular weight excluding hydrogens is 394 g/mol. The van der Waals surface area contributed by atoms with Gasteiger partial charge in [-0.25, -0.2) is 4.79 Å². The quantitative estimate of drug-likeness (QED) is 0.450. The maximum Gasteiger partial charge on any atom is 0.332 e. The van der Waals surface area contributed by atoms with Crippen LogP contribution in [0.5, 0.6) is 0 Å². The number of rotatable bonds is 4. The largest absolute Gasteiger partial charge is 0.467 e. The zero-order valence-corrected chi connectivity index (χ0v) is 17.9.